The van der Waals surface area contributed by atoms with Gasteiger partial charge in [0.25, 0.3) is 11.4 Å². The number of carbonyl (C=O) groups excluding carboxylic acids is 3. The van der Waals surface area contributed by atoms with Crippen LogP contribution in [0.1, 0.15) is 30.9 Å². The molecule has 0 aliphatic carbocycles. The maximum atomic E-state index is 13.5. The van der Waals surface area contributed by atoms with E-state index in [9.17, 15) is 34.6 Å². The van der Waals surface area contributed by atoms with Crippen LogP contribution in [0.5, 0.6) is 0 Å². The highest BCUT2D eigenvalue weighted by Gasteiger charge is 2.40. The zero-order chi connectivity index (χ0) is 32.7. The Balaban J connectivity index is 1.29. The highest BCUT2D eigenvalue weighted by molar-refractivity contribution is 7.81. The van der Waals surface area contributed by atoms with Crippen LogP contribution in [-0.4, -0.2) is 86.3 Å². The topological polar surface area (TPSA) is 213 Å². The molecule has 238 valence electrons. The number of non-ortho nitro benzene ring substituents is 2. The van der Waals surface area contributed by atoms with E-state index in [-0.39, 0.29) is 54.0 Å². The van der Waals surface area contributed by atoms with Crippen molar-refractivity contribution in [2.75, 3.05) is 19.6 Å². The number of nitrogens with two attached hydrogens (primary N) is 1. The summed E-state index contributed by atoms with van der Waals surface area (Å²) in [5.74, 6) is -1.10. The van der Waals surface area contributed by atoms with Crippen LogP contribution in [0.3, 0.4) is 0 Å². The molecule has 3 atom stereocenters. The van der Waals surface area contributed by atoms with E-state index in [1.54, 1.807) is 16.7 Å². The van der Waals surface area contributed by atoms with Crippen LogP contribution in [0.25, 0.3) is 0 Å². The summed E-state index contributed by atoms with van der Waals surface area (Å²) >= 11 is 4.54. The van der Waals surface area contributed by atoms with Gasteiger partial charge in [-0.2, -0.15) is 17.6 Å². The Morgan fingerprint density at radius 1 is 0.956 bits per heavy atom. The van der Waals surface area contributed by atoms with E-state index < -0.39 is 34.0 Å². The molecule has 2 fully saturated rings. The van der Waals surface area contributed by atoms with E-state index in [1.807, 2.05) is 0 Å². The minimum atomic E-state index is -0.869. The minimum absolute atomic E-state index is 0.0797. The molecule has 2 amide bonds. The number of hydrogen-bond acceptors (Lipinski definition) is 11. The van der Waals surface area contributed by atoms with Gasteiger partial charge in [0.2, 0.25) is 11.7 Å². The standard InChI is InChI=1S/C28H31N7O9S/c1-17(30-28(38)44-16-19-4-8-22(9-5-19)35(41)42)33-14-23(45)12-24(33)26(36)32-11-10-20(13-32)31-25(29)27(37)43-15-18-2-6-21(7-3-18)34(39)40/h2-9,20,23-24,45H,10-16H2,1H3,(H2,29,31)/t20-,23-,24-/m0/s1. The van der Waals surface area contributed by atoms with E-state index in [1.165, 1.54) is 48.5 Å². The first-order valence-corrected chi connectivity index (χ1v) is 14.4. The van der Waals surface area contributed by atoms with Crippen molar-refractivity contribution >= 4 is 53.6 Å². The number of aliphatic imine (C=N–C) groups is 2. The summed E-state index contributed by atoms with van der Waals surface area (Å²) in [6.45, 7) is 2.31. The number of likely N-dealkylation sites (tertiary alicyclic amines) is 2. The smallest absolute Gasteiger partial charge is 0.435 e. The number of amidine groups is 2. The molecule has 17 heteroatoms. The minimum Gasteiger partial charge on any atom is -0.455 e. The normalized spacial score (nSPS) is 20.2. The molecule has 0 spiro atoms. The van der Waals surface area contributed by atoms with Crippen LogP contribution in [0, 0.1) is 20.2 Å². The Morgan fingerprint density at radius 3 is 2.07 bits per heavy atom. The van der Waals surface area contributed by atoms with Gasteiger partial charge in [-0.05, 0) is 55.2 Å². The molecule has 2 aliphatic heterocycles. The van der Waals surface area contributed by atoms with Crippen LogP contribution in [0.2, 0.25) is 0 Å². The Hall–Kier alpha value is -5.06. The summed E-state index contributed by atoms with van der Waals surface area (Å²) in [7, 11) is 0. The maximum absolute atomic E-state index is 13.5. The second kappa shape index (κ2) is 14.6. The van der Waals surface area contributed by atoms with Crippen molar-refractivity contribution in [3.63, 3.8) is 0 Å². The summed E-state index contributed by atoms with van der Waals surface area (Å²) < 4.78 is 10.3. The number of thiol groups is 1. The Kier molecular flexibility index (Phi) is 10.7. The number of ether oxygens (including phenoxy) is 2. The fourth-order valence-electron chi connectivity index (χ4n) is 4.94. The molecule has 2 N–H and O–H groups in total. The third kappa shape index (κ3) is 8.75. The number of nitrogens with zero attached hydrogens (tertiary/aromatic N) is 6. The number of benzene rings is 2. The molecule has 2 aromatic carbocycles. The largest absolute Gasteiger partial charge is 0.455 e. The number of hydrogen-bond donors (Lipinski definition) is 2. The molecule has 4 rings (SSSR count). The Labute approximate surface area is 262 Å². The number of rotatable bonds is 8. The molecule has 0 bridgehead atoms. The van der Waals surface area contributed by atoms with E-state index in [4.69, 9.17) is 15.2 Å². The first-order chi connectivity index (χ1) is 21.4. The molecule has 0 aromatic heterocycles. The lowest BCUT2D eigenvalue weighted by atomic mass is 10.2. The average Bonchev–Trinajstić information content (AvgIpc) is 3.65. The quantitative estimate of drug-likeness (QED) is 0.107. The van der Waals surface area contributed by atoms with Crippen LogP contribution < -0.4 is 5.73 Å². The van der Waals surface area contributed by atoms with Gasteiger partial charge in [-0.15, -0.1) is 0 Å². The zero-order valence-corrected chi connectivity index (χ0v) is 25.1. The molecule has 2 saturated heterocycles. The molecular weight excluding hydrogens is 610 g/mol. The third-order valence-electron chi connectivity index (χ3n) is 7.27. The van der Waals surface area contributed by atoms with E-state index in [0.717, 1.165) is 0 Å². The summed E-state index contributed by atoms with van der Waals surface area (Å²) in [4.78, 5) is 70.3. The molecule has 45 heavy (non-hydrogen) atoms. The number of amides is 2. The van der Waals surface area contributed by atoms with Crippen molar-refractivity contribution in [3.8, 4) is 0 Å². The van der Waals surface area contributed by atoms with Crippen molar-refractivity contribution in [2.45, 2.75) is 50.3 Å². The van der Waals surface area contributed by atoms with Gasteiger partial charge >= 0.3 is 12.1 Å². The van der Waals surface area contributed by atoms with Gasteiger partial charge in [-0.3, -0.25) is 30.0 Å². The predicted octanol–water partition coefficient (Wildman–Crippen LogP) is 2.63. The highest BCUT2D eigenvalue weighted by Crippen LogP contribution is 2.26. The van der Waals surface area contributed by atoms with Crippen LogP contribution >= 0.6 is 12.6 Å². The first kappa shape index (κ1) is 32.8. The molecular formula is C28H31N7O9S. The third-order valence-corrected chi connectivity index (χ3v) is 7.64. The number of carbonyl (C=O) groups is 3. The Morgan fingerprint density at radius 2 is 1.51 bits per heavy atom. The molecule has 2 aliphatic rings. The monoisotopic (exact) mass is 641 g/mol. The van der Waals surface area contributed by atoms with E-state index in [2.05, 4.69) is 22.6 Å². The highest BCUT2D eigenvalue weighted by atomic mass is 32.1. The number of esters is 1. The lowest BCUT2D eigenvalue weighted by Crippen LogP contribution is -2.47. The lowest BCUT2D eigenvalue weighted by Gasteiger charge is -2.28. The SMILES string of the molecule is CC(=NC(=O)OCc1ccc([N+](=O)[O-])cc1)N1C[C@@H](S)C[C@H]1C(=O)N1CC[C@H](N=C(N)C(=O)OCc2ccc([N+](=O)[O-])cc2)C1. The fraction of sp³-hybridized carbons (Fsp3) is 0.393. The van der Waals surface area contributed by atoms with Gasteiger partial charge in [0.1, 0.15) is 25.1 Å². The van der Waals surface area contributed by atoms with Crippen molar-refractivity contribution < 1.29 is 33.7 Å². The Bertz CT molecular complexity index is 1520. The summed E-state index contributed by atoms with van der Waals surface area (Å²) in [5, 5.41) is 21.4. The van der Waals surface area contributed by atoms with Gasteiger partial charge < -0.3 is 25.0 Å². The van der Waals surface area contributed by atoms with Gasteiger partial charge in [-0.1, -0.05) is 0 Å². The average molecular weight is 642 g/mol. The van der Waals surface area contributed by atoms with E-state index in [0.29, 0.717) is 37.1 Å². The van der Waals surface area contributed by atoms with E-state index >= 15 is 0 Å². The van der Waals surface area contributed by atoms with Gasteiger partial charge in [0.15, 0.2) is 0 Å². The molecule has 2 aromatic rings. The lowest BCUT2D eigenvalue weighted by molar-refractivity contribution is -0.385. The maximum Gasteiger partial charge on any atom is 0.435 e. The van der Waals surface area contributed by atoms with Gasteiger partial charge in [0.05, 0.1) is 15.9 Å². The summed E-state index contributed by atoms with van der Waals surface area (Å²) in [5.41, 5.74) is 6.78. The van der Waals surface area contributed by atoms with Crippen molar-refractivity contribution in [1.29, 1.82) is 0 Å². The fourth-order valence-corrected chi connectivity index (χ4v) is 5.31. The molecule has 16 nitrogen and oxygen atoms in total. The molecule has 0 saturated carbocycles. The number of nitro benzene ring substituents is 2. The second-order valence-electron chi connectivity index (χ2n) is 10.4. The van der Waals surface area contributed by atoms with Crippen LogP contribution in [-0.2, 0) is 32.3 Å². The van der Waals surface area contributed by atoms with Crippen molar-refractivity contribution in [1.82, 2.24) is 9.80 Å². The van der Waals surface area contributed by atoms with Crippen LogP contribution in [0.15, 0.2) is 58.5 Å². The van der Waals surface area contributed by atoms with Crippen LogP contribution in [0.4, 0.5) is 16.2 Å². The van der Waals surface area contributed by atoms with Gasteiger partial charge in [0, 0.05) is 49.1 Å². The molecule has 0 unspecified atom stereocenters. The summed E-state index contributed by atoms with van der Waals surface area (Å²) in [6.07, 6.45) is 0.0289. The number of nitro groups is 2. The van der Waals surface area contributed by atoms with Gasteiger partial charge in [-0.25, -0.2) is 9.59 Å². The predicted molar refractivity (Wildman–Crippen MR) is 164 cm³/mol. The van der Waals surface area contributed by atoms with Crippen molar-refractivity contribution in [2.24, 2.45) is 15.7 Å². The molecule has 2 heterocycles. The first-order valence-electron chi connectivity index (χ1n) is 13.8. The zero-order valence-electron chi connectivity index (χ0n) is 24.2. The van der Waals surface area contributed by atoms with Crippen molar-refractivity contribution in [3.05, 3.63) is 79.9 Å². The molecule has 0 radical (unpaired) electrons. The second-order valence-corrected chi connectivity index (χ2v) is 11.2. The summed E-state index contributed by atoms with van der Waals surface area (Å²) in [6, 6.07) is 10.1.